The van der Waals surface area contributed by atoms with E-state index in [2.05, 4.69) is 21.1 Å². The van der Waals surface area contributed by atoms with Gasteiger partial charge in [0.2, 0.25) is 0 Å². The summed E-state index contributed by atoms with van der Waals surface area (Å²) in [4.78, 5) is 21.8. The lowest BCUT2D eigenvalue weighted by molar-refractivity contribution is -0.130. The third-order valence-electron chi connectivity index (χ3n) is 5.27. The van der Waals surface area contributed by atoms with Crippen LogP contribution in [0.1, 0.15) is 11.7 Å². The van der Waals surface area contributed by atoms with Crippen LogP contribution in [0.5, 0.6) is 0 Å². The fourth-order valence-corrected chi connectivity index (χ4v) is 3.65. The van der Waals surface area contributed by atoms with Gasteiger partial charge >= 0.3 is 5.91 Å². The Balaban J connectivity index is 1.64. The van der Waals surface area contributed by atoms with Gasteiger partial charge in [0.15, 0.2) is 17.4 Å². The molecule has 0 N–H and O–H groups in total. The van der Waals surface area contributed by atoms with Crippen molar-refractivity contribution >= 4 is 11.6 Å². The third-order valence-corrected chi connectivity index (χ3v) is 5.27. The average molecular weight is 412 g/mol. The molecule has 0 radical (unpaired) electrons. The Kier molecular flexibility index (Phi) is 4.19. The van der Waals surface area contributed by atoms with Crippen molar-refractivity contribution in [1.29, 1.82) is 10.5 Å². The summed E-state index contributed by atoms with van der Waals surface area (Å²) in [6.45, 7) is 0.741. The van der Waals surface area contributed by atoms with Crippen molar-refractivity contribution in [2.75, 3.05) is 13.1 Å². The third kappa shape index (κ3) is 2.98. The predicted molar refractivity (Wildman–Crippen MR) is 106 cm³/mol. The summed E-state index contributed by atoms with van der Waals surface area (Å²) < 4.78 is 16.8. The van der Waals surface area contributed by atoms with Gasteiger partial charge in [0, 0.05) is 18.7 Å². The largest absolute Gasteiger partial charge is 0.326 e. The summed E-state index contributed by atoms with van der Waals surface area (Å²) in [6.07, 6.45) is 3.10. The Morgan fingerprint density at radius 3 is 2.58 bits per heavy atom. The molecule has 4 heterocycles. The molecular formula is C21H13FN8O. The van der Waals surface area contributed by atoms with E-state index in [1.165, 1.54) is 27.7 Å². The number of fused-ring (bicyclic) bond motifs is 1. The van der Waals surface area contributed by atoms with Crippen molar-refractivity contribution in [2.24, 2.45) is 0 Å². The van der Waals surface area contributed by atoms with E-state index in [1.54, 1.807) is 36.7 Å². The molecule has 9 nitrogen and oxygen atoms in total. The van der Waals surface area contributed by atoms with E-state index < -0.39 is 5.91 Å². The van der Waals surface area contributed by atoms with Crippen LogP contribution in [0.4, 0.5) is 4.39 Å². The minimum absolute atomic E-state index is 0.0929. The van der Waals surface area contributed by atoms with Crippen LogP contribution in [0.2, 0.25) is 0 Å². The number of imidazole rings is 2. The summed E-state index contributed by atoms with van der Waals surface area (Å²) in [5, 5.41) is 22.7. The maximum atomic E-state index is 13.5. The van der Waals surface area contributed by atoms with Crippen molar-refractivity contribution in [1.82, 2.24) is 29.0 Å². The summed E-state index contributed by atoms with van der Waals surface area (Å²) >= 11 is 0. The maximum Gasteiger partial charge on any atom is 0.325 e. The molecule has 0 aliphatic carbocycles. The van der Waals surface area contributed by atoms with Gasteiger partial charge in [-0.2, -0.15) is 15.6 Å². The van der Waals surface area contributed by atoms with E-state index >= 15 is 0 Å². The van der Waals surface area contributed by atoms with Crippen LogP contribution in [-0.4, -0.2) is 48.0 Å². The molecule has 31 heavy (non-hydrogen) atoms. The molecule has 4 aromatic rings. The molecule has 0 bridgehead atoms. The fraction of sp³-hybridized carbons (Fsp3) is 0.143. The molecule has 0 spiro atoms. The average Bonchev–Trinajstić information content (AvgIpc) is 3.36. The number of carbonyl (C=O) groups excluding carboxylic acids is 1. The number of hydrogen-bond acceptors (Lipinski definition) is 6. The SMILES string of the molecule is N#CC(=O)N1CC(n2cnc(-c3ccc(F)cc3)c2-c2ccc3ncc(C#N)n3n2)C1. The van der Waals surface area contributed by atoms with Crippen LogP contribution in [0.15, 0.2) is 48.9 Å². The van der Waals surface area contributed by atoms with Gasteiger partial charge in [-0.15, -0.1) is 0 Å². The lowest BCUT2D eigenvalue weighted by atomic mass is 10.1. The van der Waals surface area contributed by atoms with Crippen molar-refractivity contribution < 1.29 is 9.18 Å². The molecular weight excluding hydrogens is 399 g/mol. The van der Waals surface area contributed by atoms with Gasteiger partial charge in [-0.3, -0.25) is 4.79 Å². The van der Waals surface area contributed by atoms with Gasteiger partial charge < -0.3 is 9.47 Å². The molecule has 150 valence electrons. The first-order chi connectivity index (χ1) is 15.1. The molecule has 0 unspecified atom stereocenters. The zero-order valence-electron chi connectivity index (χ0n) is 16.0. The Bertz CT molecular complexity index is 1400. The van der Waals surface area contributed by atoms with Gasteiger partial charge in [-0.1, -0.05) is 0 Å². The number of nitrogens with zero attached hydrogens (tertiary/aromatic N) is 8. The number of carbonyl (C=O) groups is 1. The van der Waals surface area contributed by atoms with Crippen LogP contribution < -0.4 is 0 Å². The zero-order valence-corrected chi connectivity index (χ0v) is 16.0. The zero-order chi connectivity index (χ0) is 21.5. The number of likely N-dealkylation sites (tertiary alicyclic amines) is 1. The Hall–Kier alpha value is -4.57. The highest BCUT2D eigenvalue weighted by Crippen LogP contribution is 2.35. The maximum absolute atomic E-state index is 13.5. The number of nitriles is 2. The Morgan fingerprint density at radius 1 is 1.10 bits per heavy atom. The summed E-state index contributed by atoms with van der Waals surface area (Å²) in [6, 6.07) is 13.1. The number of benzene rings is 1. The lowest BCUT2D eigenvalue weighted by Gasteiger charge is -2.38. The van der Waals surface area contributed by atoms with Crippen LogP contribution in [0, 0.1) is 28.5 Å². The summed E-state index contributed by atoms with van der Waals surface area (Å²) in [7, 11) is 0. The number of rotatable bonds is 3. The molecule has 0 saturated carbocycles. The summed E-state index contributed by atoms with van der Waals surface area (Å²) in [5.41, 5.74) is 3.33. The van der Waals surface area contributed by atoms with E-state index in [9.17, 15) is 14.4 Å². The molecule has 5 rings (SSSR count). The van der Waals surface area contributed by atoms with Crippen LogP contribution in [-0.2, 0) is 4.79 Å². The van der Waals surface area contributed by atoms with E-state index in [0.29, 0.717) is 47.1 Å². The second kappa shape index (κ2) is 7.04. The number of halogens is 1. The van der Waals surface area contributed by atoms with Crippen LogP contribution >= 0.6 is 0 Å². The molecule has 3 aromatic heterocycles. The standard InChI is InChI=1S/C21H13FN8O/c22-14-3-1-13(2-4-14)20-21(17-5-6-18-25-9-15(7-23)30(18)27-17)29(12-26-20)16-10-28(11-16)19(31)8-24/h1-6,9,12,16H,10-11H2. The quantitative estimate of drug-likeness (QED) is 0.476. The van der Waals surface area contributed by atoms with E-state index in [-0.39, 0.29) is 11.9 Å². The van der Waals surface area contributed by atoms with Crippen molar-refractivity contribution in [3.8, 4) is 34.8 Å². The first-order valence-corrected chi connectivity index (χ1v) is 9.36. The number of hydrogen-bond donors (Lipinski definition) is 0. The fourth-order valence-electron chi connectivity index (χ4n) is 3.65. The molecule has 1 aromatic carbocycles. The van der Waals surface area contributed by atoms with Crippen LogP contribution in [0.3, 0.4) is 0 Å². The molecule has 1 fully saturated rings. The first-order valence-electron chi connectivity index (χ1n) is 9.36. The highest BCUT2D eigenvalue weighted by atomic mass is 19.1. The van der Waals surface area contributed by atoms with Crippen molar-refractivity contribution in [3.05, 3.63) is 60.4 Å². The first kappa shape index (κ1) is 18.5. The van der Waals surface area contributed by atoms with Crippen LogP contribution in [0.25, 0.3) is 28.3 Å². The van der Waals surface area contributed by atoms with E-state index in [1.807, 2.05) is 4.57 Å². The van der Waals surface area contributed by atoms with Gasteiger partial charge in [0.1, 0.15) is 17.6 Å². The topological polar surface area (TPSA) is 116 Å². The lowest BCUT2D eigenvalue weighted by Crippen LogP contribution is -2.50. The second-order valence-corrected chi connectivity index (χ2v) is 7.08. The predicted octanol–water partition coefficient (Wildman–Crippen LogP) is 2.18. The second-order valence-electron chi connectivity index (χ2n) is 7.08. The number of amides is 1. The number of aromatic nitrogens is 5. The van der Waals surface area contributed by atoms with Gasteiger partial charge in [-0.25, -0.2) is 18.9 Å². The monoisotopic (exact) mass is 412 g/mol. The molecule has 1 amide bonds. The van der Waals surface area contributed by atoms with Gasteiger partial charge in [-0.05, 0) is 36.4 Å². The molecule has 1 aliphatic heterocycles. The van der Waals surface area contributed by atoms with Gasteiger partial charge in [0.25, 0.3) is 0 Å². The Morgan fingerprint density at radius 2 is 1.87 bits per heavy atom. The smallest absolute Gasteiger partial charge is 0.325 e. The summed E-state index contributed by atoms with van der Waals surface area (Å²) in [5.74, 6) is -0.931. The highest BCUT2D eigenvalue weighted by molar-refractivity contribution is 5.91. The Labute approximate surface area is 175 Å². The minimum atomic E-state index is -0.576. The molecule has 1 aliphatic rings. The highest BCUT2D eigenvalue weighted by Gasteiger charge is 2.34. The van der Waals surface area contributed by atoms with E-state index in [4.69, 9.17) is 5.26 Å². The van der Waals surface area contributed by atoms with Crippen molar-refractivity contribution in [3.63, 3.8) is 0 Å². The molecule has 0 atom stereocenters. The normalized spacial score (nSPS) is 13.6. The molecule has 1 saturated heterocycles. The van der Waals surface area contributed by atoms with Crippen molar-refractivity contribution in [2.45, 2.75) is 6.04 Å². The molecule has 10 heteroatoms. The van der Waals surface area contributed by atoms with E-state index in [0.717, 1.165) is 0 Å². The minimum Gasteiger partial charge on any atom is -0.326 e. The van der Waals surface area contributed by atoms with Gasteiger partial charge in [0.05, 0.1) is 30.0 Å².